The van der Waals surface area contributed by atoms with E-state index >= 15 is 0 Å². The van der Waals surface area contributed by atoms with Crippen LogP contribution in [0, 0.1) is 0 Å². The van der Waals surface area contributed by atoms with Gasteiger partial charge in [-0.3, -0.25) is 4.90 Å². The quantitative estimate of drug-likeness (QED) is 0.466. The van der Waals surface area contributed by atoms with Crippen molar-refractivity contribution < 1.29 is 23.0 Å². The number of ether oxygens (including phenoxy) is 3. The molecule has 0 aromatic heterocycles. The zero-order valence-electron chi connectivity index (χ0n) is 16.3. The van der Waals surface area contributed by atoms with E-state index in [1.807, 2.05) is 6.92 Å². The summed E-state index contributed by atoms with van der Waals surface area (Å²) in [6.45, 7) is 4.90. The zero-order chi connectivity index (χ0) is 19.9. The summed E-state index contributed by atoms with van der Waals surface area (Å²) < 4.78 is 40.7. The van der Waals surface area contributed by atoms with Crippen LogP contribution in [0.25, 0.3) is 0 Å². The highest BCUT2D eigenvalue weighted by molar-refractivity contribution is 5.79. The van der Waals surface area contributed by atoms with Gasteiger partial charge in [0.25, 0.3) is 0 Å². The Labute approximate surface area is 164 Å². The van der Waals surface area contributed by atoms with Crippen molar-refractivity contribution in [1.82, 2.24) is 15.5 Å². The maximum atomic E-state index is 12.8. The van der Waals surface area contributed by atoms with E-state index in [0.29, 0.717) is 35.6 Å². The van der Waals surface area contributed by atoms with Gasteiger partial charge in [-0.2, -0.15) is 8.78 Å². The molecule has 1 heterocycles. The van der Waals surface area contributed by atoms with Crippen LogP contribution < -0.4 is 24.8 Å². The summed E-state index contributed by atoms with van der Waals surface area (Å²) in [7, 11) is 0. The summed E-state index contributed by atoms with van der Waals surface area (Å²) in [6, 6.07) is 3.78. The first-order valence-electron chi connectivity index (χ1n) is 9.74. The minimum Gasteiger partial charge on any atom is -0.454 e. The molecular weight excluding hydrogens is 370 g/mol. The van der Waals surface area contributed by atoms with Gasteiger partial charge in [-0.15, -0.1) is 0 Å². The molecule has 0 amide bonds. The zero-order valence-corrected chi connectivity index (χ0v) is 16.3. The van der Waals surface area contributed by atoms with Crippen molar-refractivity contribution >= 4 is 5.96 Å². The third kappa shape index (κ3) is 5.60. The maximum Gasteiger partial charge on any atom is 0.387 e. The second-order valence-electron chi connectivity index (χ2n) is 6.67. The molecule has 0 bridgehead atoms. The van der Waals surface area contributed by atoms with Crippen LogP contribution in [0.1, 0.15) is 32.3 Å². The van der Waals surface area contributed by atoms with E-state index in [-0.39, 0.29) is 19.1 Å². The third-order valence-corrected chi connectivity index (χ3v) is 4.68. The van der Waals surface area contributed by atoms with Crippen LogP contribution in [0.15, 0.2) is 17.1 Å². The van der Waals surface area contributed by atoms with Crippen molar-refractivity contribution in [2.75, 3.05) is 33.0 Å². The number of guanidine groups is 1. The smallest absolute Gasteiger partial charge is 0.387 e. The SMILES string of the molecule is CCNC(=NCc1cc2c(cc1OC(F)F)OCO2)NCCN(CC)C1CC1. The molecule has 2 N–H and O–H groups in total. The highest BCUT2D eigenvalue weighted by Gasteiger charge is 2.27. The van der Waals surface area contributed by atoms with Gasteiger partial charge in [-0.25, -0.2) is 4.99 Å². The molecule has 3 rings (SSSR count). The molecule has 1 aromatic carbocycles. The molecule has 28 heavy (non-hydrogen) atoms. The van der Waals surface area contributed by atoms with E-state index in [1.165, 1.54) is 18.9 Å². The van der Waals surface area contributed by atoms with Crippen LogP contribution in [0.3, 0.4) is 0 Å². The van der Waals surface area contributed by atoms with Crippen LogP contribution in [0.4, 0.5) is 8.78 Å². The monoisotopic (exact) mass is 398 g/mol. The Morgan fingerprint density at radius 1 is 1.25 bits per heavy atom. The number of likely N-dealkylation sites (N-methyl/N-ethyl adjacent to an activating group) is 1. The number of nitrogens with zero attached hydrogens (tertiary/aromatic N) is 2. The molecule has 0 saturated heterocycles. The second kappa shape index (κ2) is 9.77. The molecule has 1 aromatic rings. The van der Waals surface area contributed by atoms with E-state index in [4.69, 9.17) is 9.47 Å². The topological polar surface area (TPSA) is 67.4 Å². The van der Waals surface area contributed by atoms with E-state index in [1.54, 1.807) is 6.07 Å². The minimum atomic E-state index is -2.92. The van der Waals surface area contributed by atoms with Crippen molar-refractivity contribution in [1.29, 1.82) is 0 Å². The van der Waals surface area contributed by atoms with E-state index in [0.717, 1.165) is 19.6 Å². The van der Waals surface area contributed by atoms with Gasteiger partial charge in [0, 0.05) is 37.3 Å². The van der Waals surface area contributed by atoms with Crippen LogP contribution in [-0.2, 0) is 6.54 Å². The molecule has 0 spiro atoms. The lowest BCUT2D eigenvalue weighted by atomic mass is 10.1. The van der Waals surface area contributed by atoms with Gasteiger partial charge < -0.3 is 24.8 Å². The molecule has 9 heteroatoms. The molecule has 7 nitrogen and oxygen atoms in total. The predicted octanol–water partition coefficient (Wildman–Crippen LogP) is 2.56. The van der Waals surface area contributed by atoms with Gasteiger partial charge in [0.15, 0.2) is 17.5 Å². The van der Waals surface area contributed by atoms with Gasteiger partial charge in [0.05, 0.1) is 6.54 Å². The van der Waals surface area contributed by atoms with Gasteiger partial charge in [0.2, 0.25) is 6.79 Å². The Balaban J connectivity index is 1.64. The van der Waals surface area contributed by atoms with Crippen molar-refractivity contribution in [3.63, 3.8) is 0 Å². The first-order valence-corrected chi connectivity index (χ1v) is 9.74. The predicted molar refractivity (Wildman–Crippen MR) is 102 cm³/mol. The van der Waals surface area contributed by atoms with Gasteiger partial charge in [-0.1, -0.05) is 6.92 Å². The van der Waals surface area contributed by atoms with Crippen LogP contribution in [0.5, 0.6) is 17.2 Å². The lowest BCUT2D eigenvalue weighted by Crippen LogP contribution is -2.42. The Hall–Kier alpha value is -2.29. The van der Waals surface area contributed by atoms with Crippen molar-refractivity contribution in [2.24, 2.45) is 4.99 Å². The van der Waals surface area contributed by atoms with Gasteiger partial charge in [-0.05, 0) is 32.4 Å². The summed E-state index contributed by atoms with van der Waals surface area (Å²) in [4.78, 5) is 6.96. The third-order valence-electron chi connectivity index (χ3n) is 4.68. The number of fused-ring (bicyclic) bond motifs is 1. The van der Waals surface area contributed by atoms with Crippen molar-refractivity contribution in [3.05, 3.63) is 17.7 Å². The molecule has 0 radical (unpaired) electrons. The normalized spacial score (nSPS) is 16.0. The molecule has 0 atom stereocenters. The molecule has 1 fully saturated rings. The van der Waals surface area contributed by atoms with Gasteiger partial charge >= 0.3 is 6.61 Å². The largest absolute Gasteiger partial charge is 0.454 e. The molecule has 2 aliphatic rings. The second-order valence-corrected chi connectivity index (χ2v) is 6.67. The van der Waals surface area contributed by atoms with Gasteiger partial charge in [0.1, 0.15) is 5.75 Å². The Morgan fingerprint density at radius 3 is 2.64 bits per heavy atom. The number of nitrogens with one attached hydrogen (secondary N) is 2. The summed E-state index contributed by atoms with van der Waals surface area (Å²) >= 11 is 0. The molecule has 0 unspecified atom stereocenters. The Morgan fingerprint density at radius 2 is 2.00 bits per heavy atom. The lowest BCUT2D eigenvalue weighted by molar-refractivity contribution is -0.0505. The number of hydrogen-bond acceptors (Lipinski definition) is 5. The fourth-order valence-electron chi connectivity index (χ4n) is 3.16. The number of aliphatic imine (C=N–C) groups is 1. The van der Waals surface area contributed by atoms with Crippen molar-refractivity contribution in [2.45, 2.75) is 45.9 Å². The summed E-state index contributed by atoms with van der Waals surface area (Å²) in [5.41, 5.74) is 0.509. The number of alkyl halides is 2. The highest BCUT2D eigenvalue weighted by Crippen LogP contribution is 2.39. The first kappa shape index (κ1) is 20.4. The molecule has 1 saturated carbocycles. The van der Waals surface area contributed by atoms with E-state index in [9.17, 15) is 8.78 Å². The Bertz CT molecular complexity index is 683. The number of halogens is 2. The lowest BCUT2D eigenvalue weighted by Gasteiger charge is -2.20. The maximum absolute atomic E-state index is 12.8. The standard InChI is InChI=1S/C19H28F2N4O3/c1-3-22-19(23-7-8-25(4-2)14-5-6-14)24-11-13-9-16-17(27-12-26-16)10-15(13)28-18(20)21/h9-10,14,18H,3-8,11-12H2,1-2H3,(H2,22,23,24). The summed E-state index contributed by atoms with van der Waals surface area (Å²) in [5.74, 6) is 1.58. The first-order chi connectivity index (χ1) is 13.6. The summed E-state index contributed by atoms with van der Waals surface area (Å²) in [5, 5.41) is 6.48. The van der Waals surface area contributed by atoms with Crippen LogP contribution in [-0.4, -0.2) is 56.5 Å². The number of benzene rings is 1. The fourth-order valence-corrected chi connectivity index (χ4v) is 3.16. The van der Waals surface area contributed by atoms with Crippen LogP contribution >= 0.6 is 0 Å². The average molecular weight is 398 g/mol. The van der Waals surface area contributed by atoms with E-state index < -0.39 is 6.61 Å². The van der Waals surface area contributed by atoms with Crippen LogP contribution in [0.2, 0.25) is 0 Å². The molecule has 156 valence electrons. The Kier molecular flexibility index (Phi) is 7.13. The average Bonchev–Trinajstić information content (AvgIpc) is 3.40. The molecule has 1 aliphatic heterocycles. The number of hydrogen-bond donors (Lipinski definition) is 2. The summed E-state index contributed by atoms with van der Waals surface area (Å²) in [6.07, 6.45) is 2.55. The number of rotatable bonds is 10. The minimum absolute atomic E-state index is 0.0461. The van der Waals surface area contributed by atoms with Crippen molar-refractivity contribution in [3.8, 4) is 17.2 Å². The highest BCUT2D eigenvalue weighted by atomic mass is 19.3. The molecule has 1 aliphatic carbocycles. The van der Waals surface area contributed by atoms with E-state index in [2.05, 4.69) is 32.2 Å². The fraction of sp³-hybridized carbons (Fsp3) is 0.632. The molecular formula is C19H28F2N4O3.